The molecule has 2 aromatic heterocycles. The number of hydrogen-bond donors (Lipinski definition) is 1. The van der Waals surface area contributed by atoms with Crippen LogP contribution in [0.2, 0.25) is 0 Å². The van der Waals surface area contributed by atoms with Crippen LogP contribution in [0.5, 0.6) is 0 Å². The highest BCUT2D eigenvalue weighted by molar-refractivity contribution is 5.88. The number of carboxylic acids is 1. The van der Waals surface area contributed by atoms with Gasteiger partial charge in [0.1, 0.15) is 0 Å². The summed E-state index contributed by atoms with van der Waals surface area (Å²) in [5.74, 6) is 0.216. The van der Waals surface area contributed by atoms with Crippen molar-refractivity contribution < 1.29 is 9.90 Å². The van der Waals surface area contributed by atoms with Gasteiger partial charge in [-0.2, -0.15) is 0 Å². The third kappa shape index (κ3) is 2.38. The molecule has 0 unspecified atom stereocenters. The molecule has 0 saturated carbocycles. The Balaban J connectivity index is 2.06. The molecule has 1 N–H and O–H groups in total. The van der Waals surface area contributed by atoms with Gasteiger partial charge in [-0.1, -0.05) is 38.1 Å². The monoisotopic (exact) mass is 281 g/mol. The van der Waals surface area contributed by atoms with Gasteiger partial charge in [0.2, 0.25) is 0 Å². The maximum atomic E-state index is 11.0. The van der Waals surface area contributed by atoms with E-state index in [1.165, 1.54) is 11.6 Å². The van der Waals surface area contributed by atoms with E-state index in [0.29, 0.717) is 17.4 Å². The standard InChI is InChI=1S/C16H15N3O2/c1-10(2)11-3-5-12(6-4-11)15-18-17-14-9-13(16(20)21)7-8-19(14)15/h3-10H,1-2H3,(H,20,21). The number of carbonyl (C=O) groups is 1. The van der Waals surface area contributed by atoms with Crippen molar-refractivity contribution in [1.82, 2.24) is 14.6 Å². The average molecular weight is 281 g/mol. The molecular weight excluding hydrogens is 266 g/mol. The van der Waals surface area contributed by atoms with Crippen molar-refractivity contribution in [2.75, 3.05) is 0 Å². The third-order valence-electron chi connectivity index (χ3n) is 3.49. The van der Waals surface area contributed by atoms with E-state index in [2.05, 4.69) is 36.2 Å². The number of fused-ring (bicyclic) bond motifs is 1. The molecule has 3 aromatic rings. The van der Waals surface area contributed by atoms with Gasteiger partial charge in [-0.15, -0.1) is 10.2 Å². The van der Waals surface area contributed by atoms with Crippen LogP contribution in [-0.4, -0.2) is 25.7 Å². The molecule has 0 aliphatic rings. The summed E-state index contributed by atoms with van der Waals surface area (Å²) in [4.78, 5) is 11.0. The van der Waals surface area contributed by atoms with Gasteiger partial charge < -0.3 is 5.11 Å². The van der Waals surface area contributed by atoms with E-state index >= 15 is 0 Å². The van der Waals surface area contributed by atoms with Crippen LogP contribution >= 0.6 is 0 Å². The zero-order valence-electron chi connectivity index (χ0n) is 11.8. The summed E-state index contributed by atoms with van der Waals surface area (Å²) in [5, 5.41) is 17.2. The lowest BCUT2D eigenvalue weighted by Crippen LogP contribution is -1.98. The quantitative estimate of drug-likeness (QED) is 0.800. The Morgan fingerprint density at radius 2 is 1.86 bits per heavy atom. The molecule has 0 aliphatic heterocycles. The number of rotatable bonds is 3. The Hall–Kier alpha value is -2.69. The van der Waals surface area contributed by atoms with Crippen molar-refractivity contribution >= 4 is 11.6 Å². The van der Waals surface area contributed by atoms with Gasteiger partial charge in [-0.05, 0) is 23.6 Å². The molecule has 0 radical (unpaired) electrons. The van der Waals surface area contributed by atoms with Gasteiger partial charge in [0, 0.05) is 11.8 Å². The third-order valence-corrected chi connectivity index (χ3v) is 3.49. The van der Waals surface area contributed by atoms with Crippen LogP contribution in [0.25, 0.3) is 17.0 Å². The Bertz CT molecular complexity index is 804. The minimum Gasteiger partial charge on any atom is -0.478 e. The highest BCUT2D eigenvalue weighted by Crippen LogP contribution is 2.22. The average Bonchev–Trinajstić information content (AvgIpc) is 2.90. The normalized spacial score (nSPS) is 11.2. The van der Waals surface area contributed by atoms with Gasteiger partial charge in [0.05, 0.1) is 5.56 Å². The fraction of sp³-hybridized carbons (Fsp3) is 0.188. The molecule has 0 bridgehead atoms. The minimum atomic E-state index is -0.969. The second-order valence-corrected chi connectivity index (χ2v) is 5.25. The van der Waals surface area contributed by atoms with E-state index in [1.54, 1.807) is 16.7 Å². The van der Waals surface area contributed by atoms with Crippen LogP contribution in [0.3, 0.4) is 0 Å². The second-order valence-electron chi connectivity index (χ2n) is 5.25. The smallest absolute Gasteiger partial charge is 0.335 e. The van der Waals surface area contributed by atoms with Crippen molar-refractivity contribution in [2.24, 2.45) is 0 Å². The molecule has 5 heteroatoms. The number of aromatic nitrogens is 3. The predicted octanol–water partition coefficient (Wildman–Crippen LogP) is 3.22. The summed E-state index contributed by atoms with van der Waals surface area (Å²) in [6.45, 7) is 4.30. The van der Waals surface area contributed by atoms with E-state index in [9.17, 15) is 4.79 Å². The molecule has 5 nitrogen and oxygen atoms in total. The zero-order chi connectivity index (χ0) is 15.0. The van der Waals surface area contributed by atoms with E-state index in [4.69, 9.17) is 5.11 Å². The predicted molar refractivity (Wildman–Crippen MR) is 79.5 cm³/mol. The summed E-state index contributed by atoms with van der Waals surface area (Å²) >= 11 is 0. The van der Waals surface area contributed by atoms with E-state index in [1.807, 2.05) is 12.1 Å². The zero-order valence-corrected chi connectivity index (χ0v) is 11.8. The number of aromatic carboxylic acids is 1. The number of hydrogen-bond acceptors (Lipinski definition) is 3. The van der Waals surface area contributed by atoms with Crippen molar-refractivity contribution in [2.45, 2.75) is 19.8 Å². The number of nitrogens with zero attached hydrogens (tertiary/aromatic N) is 3. The van der Waals surface area contributed by atoms with Gasteiger partial charge in [-0.25, -0.2) is 4.79 Å². The van der Waals surface area contributed by atoms with Crippen LogP contribution in [0.15, 0.2) is 42.6 Å². The van der Waals surface area contributed by atoms with E-state index in [0.717, 1.165) is 5.56 Å². The SMILES string of the molecule is CC(C)c1ccc(-c2nnc3cc(C(=O)O)ccn23)cc1. The van der Waals surface area contributed by atoms with Crippen molar-refractivity contribution in [1.29, 1.82) is 0 Å². The first-order chi connectivity index (χ1) is 10.1. The molecular formula is C16H15N3O2. The van der Waals surface area contributed by atoms with Crippen LogP contribution < -0.4 is 0 Å². The maximum Gasteiger partial charge on any atom is 0.335 e. The van der Waals surface area contributed by atoms with Gasteiger partial charge >= 0.3 is 5.97 Å². The molecule has 2 heterocycles. The van der Waals surface area contributed by atoms with Gasteiger partial charge in [0.15, 0.2) is 11.5 Å². The van der Waals surface area contributed by atoms with E-state index in [-0.39, 0.29) is 5.56 Å². The Kier molecular flexibility index (Phi) is 3.17. The maximum absolute atomic E-state index is 11.0. The molecule has 0 amide bonds. The topological polar surface area (TPSA) is 67.5 Å². The highest BCUT2D eigenvalue weighted by Gasteiger charge is 2.11. The largest absolute Gasteiger partial charge is 0.478 e. The Morgan fingerprint density at radius 3 is 2.48 bits per heavy atom. The summed E-state index contributed by atoms with van der Waals surface area (Å²) in [6.07, 6.45) is 1.68. The fourth-order valence-electron chi connectivity index (χ4n) is 2.24. The highest BCUT2D eigenvalue weighted by atomic mass is 16.4. The van der Waals surface area contributed by atoms with Gasteiger partial charge in [0.25, 0.3) is 0 Å². The second kappa shape index (κ2) is 5.01. The van der Waals surface area contributed by atoms with Crippen LogP contribution in [0, 0.1) is 0 Å². The van der Waals surface area contributed by atoms with Crippen molar-refractivity contribution in [3.63, 3.8) is 0 Å². The fourth-order valence-corrected chi connectivity index (χ4v) is 2.24. The first kappa shape index (κ1) is 13.3. The van der Waals surface area contributed by atoms with Crippen LogP contribution in [0.1, 0.15) is 35.7 Å². The summed E-state index contributed by atoms with van der Waals surface area (Å²) in [6, 6.07) is 11.2. The first-order valence-corrected chi connectivity index (χ1v) is 6.74. The Morgan fingerprint density at radius 1 is 1.14 bits per heavy atom. The van der Waals surface area contributed by atoms with Crippen LogP contribution in [-0.2, 0) is 0 Å². The first-order valence-electron chi connectivity index (χ1n) is 6.74. The molecule has 0 fully saturated rings. The minimum absolute atomic E-state index is 0.205. The number of carboxylic acid groups (broad SMARTS) is 1. The lowest BCUT2D eigenvalue weighted by molar-refractivity contribution is 0.0697. The summed E-state index contributed by atoms with van der Waals surface area (Å²) in [5.41, 5.74) is 2.95. The van der Waals surface area contributed by atoms with Crippen molar-refractivity contribution in [3.8, 4) is 11.4 Å². The molecule has 21 heavy (non-hydrogen) atoms. The van der Waals surface area contributed by atoms with Crippen molar-refractivity contribution in [3.05, 3.63) is 53.7 Å². The molecule has 3 rings (SSSR count). The van der Waals surface area contributed by atoms with E-state index < -0.39 is 5.97 Å². The Labute approximate surface area is 121 Å². The number of benzene rings is 1. The molecule has 0 spiro atoms. The molecule has 0 aliphatic carbocycles. The molecule has 0 saturated heterocycles. The summed E-state index contributed by atoms with van der Waals surface area (Å²) in [7, 11) is 0. The van der Waals surface area contributed by atoms with Crippen LogP contribution in [0.4, 0.5) is 0 Å². The molecule has 0 atom stereocenters. The number of pyridine rings is 1. The molecule has 106 valence electrons. The molecule has 1 aromatic carbocycles. The lowest BCUT2D eigenvalue weighted by Gasteiger charge is -2.06. The lowest BCUT2D eigenvalue weighted by atomic mass is 10.0. The van der Waals surface area contributed by atoms with Gasteiger partial charge in [-0.3, -0.25) is 4.40 Å². The summed E-state index contributed by atoms with van der Waals surface area (Å²) < 4.78 is 1.79.